The normalized spacial score (nSPS) is 21.0. The molecule has 3 rings (SSSR count). The number of anilines is 1. The first-order chi connectivity index (χ1) is 10.0. The molecule has 21 heavy (non-hydrogen) atoms. The van der Waals surface area contributed by atoms with Crippen LogP contribution < -0.4 is 4.90 Å². The van der Waals surface area contributed by atoms with Gasteiger partial charge in [-0.05, 0) is 6.07 Å². The van der Waals surface area contributed by atoms with E-state index in [0.717, 1.165) is 6.07 Å². The third-order valence-corrected chi connectivity index (χ3v) is 4.18. The van der Waals surface area contributed by atoms with Crippen LogP contribution in [0.25, 0.3) is 0 Å². The molecule has 0 aliphatic carbocycles. The van der Waals surface area contributed by atoms with Crippen LogP contribution in [0, 0.1) is 15.9 Å². The number of nitrogens with zero attached hydrogens (tertiary/aromatic N) is 2. The van der Waals surface area contributed by atoms with Gasteiger partial charge in [-0.1, -0.05) is 11.6 Å². The van der Waals surface area contributed by atoms with Crippen LogP contribution in [-0.4, -0.2) is 37.0 Å². The molecule has 2 aliphatic heterocycles. The van der Waals surface area contributed by atoms with Crippen molar-refractivity contribution >= 4 is 23.0 Å². The van der Waals surface area contributed by atoms with E-state index in [1.54, 1.807) is 0 Å². The highest BCUT2D eigenvalue weighted by molar-refractivity contribution is 6.31. The van der Waals surface area contributed by atoms with Gasteiger partial charge < -0.3 is 14.4 Å². The molecule has 114 valence electrons. The molecule has 0 bridgehead atoms. The Balaban J connectivity index is 1.84. The SMILES string of the molecule is O=[N+]([O-])c1cc(F)c(Cl)cc1N1CCC2(CC1)OCCO2. The maximum Gasteiger partial charge on any atom is 0.295 e. The summed E-state index contributed by atoms with van der Waals surface area (Å²) in [6.45, 7) is 2.21. The number of nitro benzene ring substituents is 1. The first kappa shape index (κ1) is 14.5. The van der Waals surface area contributed by atoms with Crippen LogP contribution in [0.1, 0.15) is 12.8 Å². The minimum atomic E-state index is -0.789. The lowest BCUT2D eigenvalue weighted by Gasteiger charge is -2.38. The lowest BCUT2D eigenvalue weighted by molar-refractivity contribution is -0.384. The molecule has 8 heteroatoms. The number of ether oxygens (including phenoxy) is 2. The minimum absolute atomic E-state index is 0.121. The Morgan fingerprint density at radius 3 is 2.48 bits per heavy atom. The van der Waals surface area contributed by atoms with Crippen molar-refractivity contribution in [1.29, 1.82) is 0 Å². The second-order valence-corrected chi connectivity index (χ2v) is 5.51. The van der Waals surface area contributed by atoms with Gasteiger partial charge in [-0.15, -0.1) is 0 Å². The van der Waals surface area contributed by atoms with Crippen LogP contribution in [-0.2, 0) is 9.47 Å². The topological polar surface area (TPSA) is 64.8 Å². The molecule has 2 heterocycles. The van der Waals surface area contributed by atoms with Crippen LogP contribution in [0.2, 0.25) is 5.02 Å². The van der Waals surface area contributed by atoms with Gasteiger partial charge in [0.05, 0.1) is 29.2 Å². The van der Waals surface area contributed by atoms with E-state index in [0.29, 0.717) is 44.8 Å². The highest BCUT2D eigenvalue weighted by atomic mass is 35.5. The zero-order valence-corrected chi connectivity index (χ0v) is 11.9. The zero-order valence-electron chi connectivity index (χ0n) is 11.2. The summed E-state index contributed by atoms with van der Waals surface area (Å²) in [5.41, 5.74) is 0.0559. The van der Waals surface area contributed by atoms with Crippen molar-refractivity contribution in [1.82, 2.24) is 0 Å². The Morgan fingerprint density at radius 1 is 1.29 bits per heavy atom. The summed E-state index contributed by atoms with van der Waals surface area (Å²) in [6.07, 6.45) is 1.22. The van der Waals surface area contributed by atoms with E-state index in [2.05, 4.69) is 0 Å². The summed E-state index contributed by atoms with van der Waals surface area (Å²) in [6, 6.07) is 2.17. The molecule has 0 unspecified atom stereocenters. The zero-order chi connectivity index (χ0) is 15.0. The summed E-state index contributed by atoms with van der Waals surface area (Å²) >= 11 is 5.76. The van der Waals surface area contributed by atoms with Gasteiger partial charge in [0.15, 0.2) is 5.79 Å². The van der Waals surface area contributed by atoms with Gasteiger partial charge in [0.25, 0.3) is 5.69 Å². The fourth-order valence-electron chi connectivity index (χ4n) is 2.80. The summed E-state index contributed by atoms with van der Waals surface area (Å²) < 4.78 is 24.7. The molecule has 0 atom stereocenters. The first-order valence-corrected chi connectivity index (χ1v) is 7.05. The summed E-state index contributed by atoms with van der Waals surface area (Å²) in [5, 5.41) is 11.0. The monoisotopic (exact) mass is 316 g/mol. The summed E-state index contributed by atoms with van der Waals surface area (Å²) in [5.74, 6) is -1.35. The quantitative estimate of drug-likeness (QED) is 0.620. The number of halogens is 2. The summed E-state index contributed by atoms with van der Waals surface area (Å²) in [4.78, 5) is 12.3. The number of nitro groups is 1. The lowest BCUT2D eigenvalue weighted by Crippen LogP contribution is -2.45. The van der Waals surface area contributed by atoms with Crippen LogP contribution >= 0.6 is 11.6 Å². The third-order valence-electron chi connectivity index (χ3n) is 3.89. The van der Waals surface area contributed by atoms with Crippen molar-refractivity contribution in [2.45, 2.75) is 18.6 Å². The van der Waals surface area contributed by atoms with Crippen molar-refractivity contribution in [3.05, 3.63) is 33.1 Å². The predicted octanol–water partition coefficient (Wildman–Crippen LogP) is 2.73. The molecule has 2 saturated heterocycles. The second kappa shape index (κ2) is 5.40. The predicted molar refractivity (Wildman–Crippen MR) is 74.1 cm³/mol. The largest absolute Gasteiger partial charge is 0.366 e. The summed E-state index contributed by atoms with van der Waals surface area (Å²) in [7, 11) is 0. The van der Waals surface area contributed by atoms with Gasteiger partial charge in [-0.3, -0.25) is 10.1 Å². The Kier molecular flexibility index (Phi) is 3.73. The molecular weight excluding hydrogens is 303 g/mol. The van der Waals surface area contributed by atoms with Crippen molar-refractivity contribution in [3.8, 4) is 0 Å². The maximum absolute atomic E-state index is 13.4. The van der Waals surface area contributed by atoms with E-state index in [-0.39, 0.29) is 10.7 Å². The van der Waals surface area contributed by atoms with E-state index in [4.69, 9.17) is 21.1 Å². The molecule has 2 aliphatic rings. The number of rotatable bonds is 2. The number of piperidine rings is 1. The third kappa shape index (κ3) is 2.68. The van der Waals surface area contributed by atoms with Crippen LogP contribution in [0.4, 0.5) is 15.8 Å². The van der Waals surface area contributed by atoms with Crippen LogP contribution in [0.15, 0.2) is 12.1 Å². The van der Waals surface area contributed by atoms with E-state index in [1.165, 1.54) is 6.07 Å². The highest BCUT2D eigenvalue weighted by Crippen LogP contribution is 2.38. The maximum atomic E-state index is 13.4. The molecule has 1 aromatic rings. The average molecular weight is 317 g/mol. The Morgan fingerprint density at radius 2 is 1.90 bits per heavy atom. The van der Waals surface area contributed by atoms with E-state index in [1.807, 2.05) is 4.90 Å². The Bertz CT molecular complexity index is 568. The number of hydrogen-bond acceptors (Lipinski definition) is 5. The lowest BCUT2D eigenvalue weighted by atomic mass is 10.0. The van der Waals surface area contributed by atoms with Gasteiger partial charge in [-0.2, -0.15) is 0 Å². The number of benzene rings is 1. The van der Waals surface area contributed by atoms with Gasteiger partial charge >= 0.3 is 0 Å². The van der Waals surface area contributed by atoms with E-state index >= 15 is 0 Å². The van der Waals surface area contributed by atoms with Crippen molar-refractivity contribution in [2.75, 3.05) is 31.2 Å². The molecule has 0 amide bonds. The van der Waals surface area contributed by atoms with Gasteiger partial charge in [0.1, 0.15) is 11.5 Å². The minimum Gasteiger partial charge on any atom is -0.366 e. The fourth-order valence-corrected chi connectivity index (χ4v) is 2.96. The Hall–Kier alpha value is -1.44. The van der Waals surface area contributed by atoms with Crippen molar-refractivity contribution < 1.29 is 18.8 Å². The van der Waals surface area contributed by atoms with Gasteiger partial charge in [0.2, 0.25) is 0 Å². The molecule has 0 aromatic heterocycles. The van der Waals surface area contributed by atoms with Crippen molar-refractivity contribution in [2.24, 2.45) is 0 Å². The van der Waals surface area contributed by atoms with Crippen LogP contribution in [0.5, 0.6) is 0 Å². The van der Waals surface area contributed by atoms with Gasteiger partial charge in [0, 0.05) is 25.9 Å². The second-order valence-electron chi connectivity index (χ2n) is 5.11. The van der Waals surface area contributed by atoms with Gasteiger partial charge in [-0.25, -0.2) is 4.39 Å². The molecule has 0 saturated carbocycles. The molecular formula is C13H14ClFN2O4. The molecule has 2 fully saturated rings. The van der Waals surface area contributed by atoms with E-state index in [9.17, 15) is 14.5 Å². The molecule has 1 aromatic carbocycles. The highest BCUT2D eigenvalue weighted by Gasteiger charge is 2.40. The molecule has 0 N–H and O–H groups in total. The standard InChI is InChI=1S/C13H14ClFN2O4/c14-9-7-11(12(17(18)19)8-10(9)15)16-3-1-13(2-4-16)20-5-6-21-13/h7-8H,1-6H2. The Labute approximate surface area is 125 Å². The first-order valence-electron chi connectivity index (χ1n) is 6.67. The van der Waals surface area contributed by atoms with E-state index < -0.39 is 16.5 Å². The number of hydrogen-bond donors (Lipinski definition) is 0. The van der Waals surface area contributed by atoms with Crippen LogP contribution in [0.3, 0.4) is 0 Å². The van der Waals surface area contributed by atoms with Crippen molar-refractivity contribution in [3.63, 3.8) is 0 Å². The average Bonchev–Trinajstić information content (AvgIpc) is 2.90. The fraction of sp³-hybridized carbons (Fsp3) is 0.538. The molecule has 6 nitrogen and oxygen atoms in total. The smallest absolute Gasteiger partial charge is 0.295 e. The molecule has 1 spiro atoms. The molecule has 0 radical (unpaired) electrons.